The lowest BCUT2D eigenvalue weighted by Gasteiger charge is -2.10. The molecular formula is C13H14N2O3. The smallest absolute Gasteiger partial charge is 0.203 e. The Labute approximate surface area is 105 Å². The molecule has 2 aromatic rings. The van der Waals surface area contributed by atoms with Gasteiger partial charge in [0.05, 0.1) is 26.0 Å². The third kappa shape index (κ3) is 2.07. The molecule has 0 aliphatic rings. The number of rotatable bonds is 4. The van der Waals surface area contributed by atoms with E-state index in [0.29, 0.717) is 22.6 Å². The van der Waals surface area contributed by atoms with Gasteiger partial charge in [0.25, 0.3) is 0 Å². The van der Waals surface area contributed by atoms with Crippen molar-refractivity contribution in [2.24, 2.45) is 7.05 Å². The van der Waals surface area contributed by atoms with Crippen molar-refractivity contribution in [1.82, 2.24) is 9.78 Å². The maximum atomic E-state index is 12.4. The first-order valence-electron chi connectivity index (χ1n) is 5.41. The second kappa shape index (κ2) is 4.91. The van der Waals surface area contributed by atoms with Crippen molar-refractivity contribution in [2.75, 3.05) is 14.2 Å². The molecule has 5 heteroatoms. The number of methoxy groups -OCH3 is 2. The molecule has 0 radical (unpaired) electrons. The summed E-state index contributed by atoms with van der Waals surface area (Å²) < 4.78 is 12.0. The molecule has 1 aromatic carbocycles. The number of aromatic nitrogens is 2. The van der Waals surface area contributed by atoms with Gasteiger partial charge < -0.3 is 9.47 Å². The van der Waals surface area contributed by atoms with Gasteiger partial charge in [-0.3, -0.25) is 9.48 Å². The zero-order valence-corrected chi connectivity index (χ0v) is 10.5. The van der Waals surface area contributed by atoms with Gasteiger partial charge in [0, 0.05) is 13.2 Å². The molecule has 0 saturated carbocycles. The monoisotopic (exact) mass is 246 g/mol. The first-order chi connectivity index (χ1) is 8.67. The van der Waals surface area contributed by atoms with Crippen LogP contribution < -0.4 is 9.47 Å². The minimum Gasteiger partial charge on any atom is -0.496 e. The van der Waals surface area contributed by atoms with Gasteiger partial charge in [0.2, 0.25) is 5.78 Å². The minimum atomic E-state index is -0.169. The second-order valence-corrected chi connectivity index (χ2v) is 3.77. The van der Waals surface area contributed by atoms with Gasteiger partial charge in [-0.05, 0) is 12.1 Å². The molecule has 1 heterocycles. The zero-order chi connectivity index (χ0) is 13.1. The van der Waals surface area contributed by atoms with Crippen LogP contribution >= 0.6 is 0 Å². The Kier molecular flexibility index (Phi) is 3.32. The fraction of sp³-hybridized carbons (Fsp3) is 0.231. The number of nitrogens with zero attached hydrogens (tertiary/aromatic N) is 2. The molecule has 0 aliphatic heterocycles. The summed E-state index contributed by atoms with van der Waals surface area (Å²) in [5.41, 5.74) is 0.913. The number of ketones is 1. The van der Waals surface area contributed by atoms with Gasteiger partial charge in [0.15, 0.2) is 0 Å². The van der Waals surface area contributed by atoms with Crippen molar-refractivity contribution in [2.45, 2.75) is 0 Å². The van der Waals surface area contributed by atoms with E-state index in [1.54, 1.807) is 36.1 Å². The molecule has 0 unspecified atom stereocenters. The molecule has 94 valence electrons. The summed E-state index contributed by atoms with van der Waals surface area (Å²) in [6, 6.07) is 5.23. The lowest BCUT2D eigenvalue weighted by atomic mass is 10.0. The van der Waals surface area contributed by atoms with Gasteiger partial charge in [-0.25, -0.2) is 0 Å². The molecule has 2 rings (SSSR count). The van der Waals surface area contributed by atoms with Crippen LogP contribution in [0.2, 0.25) is 0 Å². The van der Waals surface area contributed by atoms with Crippen LogP contribution in [0, 0.1) is 0 Å². The van der Waals surface area contributed by atoms with Gasteiger partial charge >= 0.3 is 0 Å². The van der Waals surface area contributed by atoms with E-state index >= 15 is 0 Å². The number of benzene rings is 1. The highest BCUT2D eigenvalue weighted by Crippen LogP contribution is 2.30. The fourth-order valence-electron chi connectivity index (χ4n) is 1.76. The summed E-state index contributed by atoms with van der Waals surface area (Å²) in [5.74, 6) is 0.809. The Morgan fingerprint density at radius 3 is 2.28 bits per heavy atom. The summed E-state index contributed by atoms with van der Waals surface area (Å²) in [6.07, 6.45) is 3.18. The predicted molar refractivity (Wildman–Crippen MR) is 66.2 cm³/mol. The van der Waals surface area contributed by atoms with Crippen LogP contribution in [0.5, 0.6) is 11.5 Å². The van der Waals surface area contributed by atoms with Crippen molar-refractivity contribution in [3.05, 3.63) is 41.7 Å². The van der Waals surface area contributed by atoms with Gasteiger partial charge in [-0.15, -0.1) is 0 Å². The highest BCUT2D eigenvalue weighted by atomic mass is 16.5. The summed E-state index contributed by atoms with van der Waals surface area (Å²) in [4.78, 5) is 12.4. The zero-order valence-electron chi connectivity index (χ0n) is 10.5. The third-order valence-electron chi connectivity index (χ3n) is 2.62. The molecule has 0 amide bonds. The van der Waals surface area contributed by atoms with Crippen molar-refractivity contribution in [3.8, 4) is 11.5 Å². The van der Waals surface area contributed by atoms with E-state index in [1.165, 1.54) is 20.4 Å². The van der Waals surface area contributed by atoms with E-state index in [0.717, 1.165) is 0 Å². The average molecular weight is 246 g/mol. The van der Waals surface area contributed by atoms with Crippen molar-refractivity contribution >= 4 is 5.78 Å². The molecule has 0 N–H and O–H groups in total. The first-order valence-corrected chi connectivity index (χ1v) is 5.41. The van der Waals surface area contributed by atoms with Crippen molar-refractivity contribution in [3.63, 3.8) is 0 Å². The Balaban J connectivity index is 2.52. The second-order valence-electron chi connectivity index (χ2n) is 3.77. The van der Waals surface area contributed by atoms with Crippen molar-refractivity contribution < 1.29 is 14.3 Å². The normalized spacial score (nSPS) is 10.2. The Hall–Kier alpha value is -2.30. The van der Waals surface area contributed by atoms with Crippen LogP contribution in [0.3, 0.4) is 0 Å². The van der Waals surface area contributed by atoms with E-state index in [4.69, 9.17) is 9.47 Å². The van der Waals surface area contributed by atoms with E-state index in [-0.39, 0.29) is 5.78 Å². The molecule has 0 spiro atoms. The maximum absolute atomic E-state index is 12.4. The van der Waals surface area contributed by atoms with Crippen LogP contribution in [0.25, 0.3) is 0 Å². The Morgan fingerprint density at radius 1 is 1.22 bits per heavy atom. The number of aryl methyl sites for hydroxylation is 1. The SMILES string of the molecule is COc1cccc(OC)c1C(=O)c1cnn(C)c1. The minimum absolute atomic E-state index is 0.169. The van der Waals surface area contributed by atoms with E-state index in [2.05, 4.69) is 5.10 Å². The summed E-state index contributed by atoms with van der Waals surface area (Å²) >= 11 is 0. The van der Waals surface area contributed by atoms with E-state index in [9.17, 15) is 4.79 Å². The first kappa shape index (κ1) is 12.2. The number of carbonyl (C=O) groups is 1. The highest BCUT2D eigenvalue weighted by molar-refractivity contribution is 6.12. The standard InChI is InChI=1S/C13H14N2O3/c1-15-8-9(7-14-15)13(16)12-10(17-2)5-4-6-11(12)18-3/h4-8H,1-3H3. The lowest BCUT2D eigenvalue weighted by Crippen LogP contribution is -2.05. The third-order valence-corrected chi connectivity index (χ3v) is 2.62. The summed E-state index contributed by atoms with van der Waals surface area (Å²) in [5, 5.41) is 3.99. The Bertz CT molecular complexity index is 553. The van der Waals surface area contributed by atoms with Crippen LogP contribution in [-0.2, 0) is 7.05 Å². The summed E-state index contributed by atoms with van der Waals surface area (Å²) in [7, 11) is 4.81. The Morgan fingerprint density at radius 2 is 1.83 bits per heavy atom. The molecule has 0 fully saturated rings. The van der Waals surface area contributed by atoms with E-state index < -0.39 is 0 Å². The van der Waals surface area contributed by atoms with Gasteiger partial charge in [0.1, 0.15) is 17.1 Å². The van der Waals surface area contributed by atoms with Gasteiger partial charge in [-0.2, -0.15) is 5.10 Å². The topological polar surface area (TPSA) is 53.4 Å². The number of carbonyl (C=O) groups excluding carboxylic acids is 1. The molecule has 1 aromatic heterocycles. The molecule has 18 heavy (non-hydrogen) atoms. The quantitative estimate of drug-likeness (QED) is 0.770. The maximum Gasteiger partial charge on any atom is 0.203 e. The van der Waals surface area contributed by atoms with Crippen molar-refractivity contribution in [1.29, 1.82) is 0 Å². The highest BCUT2D eigenvalue weighted by Gasteiger charge is 2.20. The molecule has 0 aliphatic carbocycles. The number of ether oxygens (including phenoxy) is 2. The lowest BCUT2D eigenvalue weighted by molar-refractivity contribution is 0.103. The molecule has 0 bridgehead atoms. The van der Waals surface area contributed by atoms with Gasteiger partial charge in [-0.1, -0.05) is 6.07 Å². The number of hydrogen-bond acceptors (Lipinski definition) is 4. The molecular weight excluding hydrogens is 232 g/mol. The van der Waals surface area contributed by atoms with Crippen LogP contribution in [0.4, 0.5) is 0 Å². The molecule has 5 nitrogen and oxygen atoms in total. The predicted octanol–water partition coefficient (Wildman–Crippen LogP) is 1.67. The van der Waals surface area contributed by atoms with Crippen LogP contribution in [-0.4, -0.2) is 29.8 Å². The van der Waals surface area contributed by atoms with Crippen LogP contribution in [0.1, 0.15) is 15.9 Å². The summed E-state index contributed by atoms with van der Waals surface area (Å²) in [6.45, 7) is 0. The van der Waals surface area contributed by atoms with E-state index in [1.807, 2.05) is 0 Å². The number of hydrogen-bond donors (Lipinski definition) is 0. The largest absolute Gasteiger partial charge is 0.496 e. The molecule has 0 saturated heterocycles. The van der Waals surface area contributed by atoms with Crippen LogP contribution in [0.15, 0.2) is 30.6 Å². The average Bonchev–Trinajstić information content (AvgIpc) is 2.83. The fourth-order valence-corrected chi connectivity index (χ4v) is 1.76. The molecule has 0 atom stereocenters.